The van der Waals surface area contributed by atoms with E-state index in [1.165, 1.54) is 24.8 Å². The molecule has 0 unspecified atom stereocenters. The van der Waals surface area contributed by atoms with Gasteiger partial charge in [0.2, 0.25) is 0 Å². The number of nitrogens with zero attached hydrogens (tertiary/aromatic N) is 4. The van der Waals surface area contributed by atoms with E-state index < -0.39 is 0 Å². The van der Waals surface area contributed by atoms with Crippen molar-refractivity contribution in [2.45, 2.75) is 76.8 Å². The smallest absolute Gasteiger partial charge is 0.159 e. The van der Waals surface area contributed by atoms with Gasteiger partial charge in [0, 0.05) is 24.0 Å². The van der Waals surface area contributed by atoms with Crippen molar-refractivity contribution >= 4 is 0 Å². The van der Waals surface area contributed by atoms with Crippen LogP contribution in [0, 0.1) is 0 Å². The van der Waals surface area contributed by atoms with E-state index in [2.05, 4.69) is 33.8 Å². The van der Waals surface area contributed by atoms with Gasteiger partial charge in [-0.15, -0.1) is 0 Å². The molecular formula is C32H34N4O5. The van der Waals surface area contributed by atoms with Crippen LogP contribution in [0.15, 0.2) is 61.2 Å². The molecule has 2 N–H and O–H groups in total. The first-order chi connectivity index (χ1) is 20.0. The van der Waals surface area contributed by atoms with Gasteiger partial charge in [-0.3, -0.25) is 0 Å². The highest BCUT2D eigenvalue weighted by molar-refractivity contribution is 5.62. The average Bonchev–Trinajstić information content (AvgIpc) is 3.90. The molecule has 4 atom stereocenters. The second kappa shape index (κ2) is 11.8. The Labute approximate surface area is 239 Å². The topological polar surface area (TPSA) is 126 Å². The third-order valence-electron chi connectivity index (χ3n) is 7.50. The summed E-state index contributed by atoms with van der Waals surface area (Å²) < 4.78 is 18.5. The molecule has 2 saturated heterocycles. The zero-order chi connectivity index (χ0) is 28.3. The molecule has 2 aromatic heterocycles. The Morgan fingerprint density at radius 1 is 0.634 bits per heavy atom. The van der Waals surface area contributed by atoms with Crippen LogP contribution in [0.4, 0.5) is 0 Å². The van der Waals surface area contributed by atoms with Gasteiger partial charge in [-0.1, -0.05) is 26.7 Å². The molecule has 9 nitrogen and oxygen atoms in total. The number of rotatable bonds is 12. The maximum absolute atomic E-state index is 9.63. The van der Waals surface area contributed by atoms with Crippen molar-refractivity contribution in [1.29, 1.82) is 0 Å². The Balaban J connectivity index is 1.32. The number of epoxide rings is 2. The molecule has 41 heavy (non-hydrogen) atoms. The summed E-state index contributed by atoms with van der Waals surface area (Å²) in [5.74, 6) is 2.60. The summed E-state index contributed by atoms with van der Waals surface area (Å²) >= 11 is 0. The fourth-order valence-corrected chi connectivity index (χ4v) is 5.24. The van der Waals surface area contributed by atoms with E-state index >= 15 is 0 Å². The van der Waals surface area contributed by atoms with Crippen molar-refractivity contribution in [1.82, 2.24) is 19.9 Å². The lowest BCUT2D eigenvalue weighted by Gasteiger charge is -2.16. The largest absolute Gasteiger partial charge is 0.505 e. The molecule has 2 fully saturated rings. The Morgan fingerprint density at radius 3 is 1.44 bits per heavy atom. The van der Waals surface area contributed by atoms with Crippen LogP contribution < -0.4 is 4.74 Å². The van der Waals surface area contributed by atoms with E-state index in [1.807, 2.05) is 36.4 Å². The number of hydrogen-bond acceptors (Lipinski definition) is 9. The van der Waals surface area contributed by atoms with Crippen LogP contribution in [0.25, 0.3) is 22.8 Å². The molecular weight excluding hydrogens is 520 g/mol. The third kappa shape index (κ3) is 6.47. The van der Waals surface area contributed by atoms with Crippen LogP contribution in [0.5, 0.6) is 23.0 Å². The molecule has 4 heterocycles. The van der Waals surface area contributed by atoms with Crippen LogP contribution >= 0.6 is 0 Å². The minimum Gasteiger partial charge on any atom is -0.505 e. The van der Waals surface area contributed by atoms with Crippen molar-refractivity contribution in [3.8, 4) is 45.8 Å². The first-order valence-electron chi connectivity index (χ1n) is 14.3. The quantitative estimate of drug-likeness (QED) is 0.202. The zero-order valence-corrected chi connectivity index (χ0v) is 23.2. The molecule has 0 aliphatic carbocycles. The highest BCUT2D eigenvalue weighted by Crippen LogP contribution is 2.39. The minimum atomic E-state index is 0.0252. The number of ether oxygens (including phenoxy) is 3. The fraction of sp³-hybridized carbons (Fsp3) is 0.375. The molecule has 4 aromatic rings. The molecule has 6 rings (SSSR count). The van der Waals surface area contributed by atoms with Crippen LogP contribution in [0.1, 0.15) is 50.7 Å². The highest BCUT2D eigenvalue weighted by Gasteiger charge is 2.39. The van der Waals surface area contributed by atoms with Gasteiger partial charge in [0.1, 0.15) is 11.5 Å². The second-order valence-corrected chi connectivity index (χ2v) is 10.7. The van der Waals surface area contributed by atoms with Crippen LogP contribution in [-0.2, 0) is 22.3 Å². The first kappa shape index (κ1) is 27.1. The number of benzene rings is 2. The standard InChI is InChI=1S/C32H34N4O5/c1-3-5-27-29(40-27)13-21-11-19(31-33-15-23(37)16-34-31)7-9-25(21)39-26-10-8-20(32-35-17-24(38)18-36-32)12-22(26)14-30-28(41-30)6-4-2/h7-12,15-18,27-30,37-38H,3-6,13-14H2,1-2H3/t27-,28-,29-,30-/m0/s1. The molecule has 0 bridgehead atoms. The van der Waals surface area contributed by atoms with E-state index in [4.69, 9.17) is 14.2 Å². The fourth-order valence-electron chi connectivity index (χ4n) is 5.24. The summed E-state index contributed by atoms with van der Waals surface area (Å²) in [5, 5.41) is 19.3. The van der Waals surface area contributed by atoms with E-state index in [9.17, 15) is 10.2 Å². The van der Waals surface area contributed by atoms with Gasteiger partial charge in [-0.2, -0.15) is 0 Å². The summed E-state index contributed by atoms with van der Waals surface area (Å²) in [6, 6.07) is 11.9. The lowest BCUT2D eigenvalue weighted by atomic mass is 10.0. The van der Waals surface area contributed by atoms with Crippen molar-refractivity contribution in [2.75, 3.05) is 0 Å². The maximum Gasteiger partial charge on any atom is 0.159 e. The lowest BCUT2D eigenvalue weighted by Crippen LogP contribution is -2.04. The number of aromatic hydroxyl groups is 2. The Morgan fingerprint density at radius 2 is 1.05 bits per heavy atom. The Bertz CT molecular complexity index is 1380. The SMILES string of the molecule is CCC[C@@H]1O[C@H]1Cc1cc(-c2ncc(O)cn2)ccc1Oc1ccc(-c2ncc(O)cn2)cc1C[C@@H]1O[C@H]1CCC. The predicted molar refractivity (Wildman–Crippen MR) is 153 cm³/mol. The average molecular weight is 555 g/mol. The molecule has 9 heteroatoms. The number of hydrogen-bond donors (Lipinski definition) is 2. The van der Waals surface area contributed by atoms with Crippen molar-refractivity contribution < 1.29 is 24.4 Å². The minimum absolute atomic E-state index is 0.0252. The van der Waals surface area contributed by atoms with Crippen molar-refractivity contribution in [3.05, 3.63) is 72.3 Å². The van der Waals surface area contributed by atoms with Gasteiger partial charge in [0.15, 0.2) is 23.1 Å². The molecule has 0 spiro atoms. The normalized spacial score (nSPS) is 21.0. The predicted octanol–water partition coefficient (Wildman–Crippen LogP) is 6.02. The molecule has 0 saturated carbocycles. The van der Waals surface area contributed by atoms with Crippen LogP contribution in [-0.4, -0.2) is 54.6 Å². The highest BCUT2D eigenvalue weighted by atomic mass is 16.6. The summed E-state index contributed by atoms with van der Waals surface area (Å²) in [6.07, 6.45) is 12.1. The summed E-state index contributed by atoms with van der Waals surface area (Å²) in [4.78, 5) is 17.2. The molecule has 2 aliphatic rings. The molecule has 2 aromatic carbocycles. The molecule has 0 amide bonds. The zero-order valence-electron chi connectivity index (χ0n) is 23.2. The van der Waals surface area contributed by atoms with Gasteiger partial charge in [0.05, 0.1) is 49.2 Å². The van der Waals surface area contributed by atoms with Gasteiger partial charge in [-0.05, 0) is 60.4 Å². The summed E-state index contributed by atoms with van der Waals surface area (Å²) in [7, 11) is 0. The van der Waals surface area contributed by atoms with Crippen molar-refractivity contribution in [2.24, 2.45) is 0 Å². The van der Waals surface area contributed by atoms with Crippen molar-refractivity contribution in [3.63, 3.8) is 0 Å². The van der Waals surface area contributed by atoms with Crippen LogP contribution in [0.3, 0.4) is 0 Å². The van der Waals surface area contributed by atoms with E-state index in [1.54, 1.807) is 0 Å². The van der Waals surface area contributed by atoms with E-state index in [-0.39, 0.29) is 35.9 Å². The van der Waals surface area contributed by atoms with Gasteiger partial charge in [-0.25, -0.2) is 19.9 Å². The van der Waals surface area contributed by atoms with Crippen LogP contribution in [0.2, 0.25) is 0 Å². The van der Waals surface area contributed by atoms with E-state index in [0.717, 1.165) is 59.4 Å². The lowest BCUT2D eigenvalue weighted by molar-refractivity contribution is 0.358. The van der Waals surface area contributed by atoms with Gasteiger partial charge >= 0.3 is 0 Å². The summed E-state index contributed by atoms with van der Waals surface area (Å²) in [5.41, 5.74) is 3.69. The van der Waals surface area contributed by atoms with Gasteiger partial charge < -0.3 is 24.4 Å². The second-order valence-electron chi connectivity index (χ2n) is 10.7. The number of aromatic nitrogens is 4. The monoisotopic (exact) mass is 554 g/mol. The molecule has 2 aliphatic heterocycles. The molecule has 212 valence electrons. The van der Waals surface area contributed by atoms with E-state index in [0.29, 0.717) is 24.5 Å². The molecule has 0 radical (unpaired) electrons. The Kier molecular flexibility index (Phi) is 7.80. The third-order valence-corrected chi connectivity index (χ3v) is 7.50. The maximum atomic E-state index is 9.63. The summed E-state index contributed by atoms with van der Waals surface area (Å²) in [6.45, 7) is 4.33. The Hall–Kier alpha value is -4.08. The van der Waals surface area contributed by atoms with Gasteiger partial charge in [0.25, 0.3) is 0 Å². The first-order valence-corrected chi connectivity index (χ1v) is 14.3.